The quantitative estimate of drug-likeness (QED) is 0.410. The van der Waals surface area contributed by atoms with E-state index in [1.165, 1.54) is 51.4 Å². The van der Waals surface area contributed by atoms with E-state index in [0.29, 0.717) is 16.2 Å². The molecular weight excluding hydrogens is 372 g/mol. The van der Waals surface area contributed by atoms with Crippen LogP contribution in [0.3, 0.4) is 0 Å². The molecule has 0 bridgehead atoms. The van der Waals surface area contributed by atoms with Crippen LogP contribution in [0.2, 0.25) is 0 Å². The summed E-state index contributed by atoms with van der Waals surface area (Å²) in [5.41, 5.74) is 1.93. The summed E-state index contributed by atoms with van der Waals surface area (Å²) in [6.45, 7) is 15.8. The average Bonchev–Trinajstić information content (AvgIpc) is 3.02. The van der Waals surface area contributed by atoms with Gasteiger partial charge in [0.1, 0.15) is 0 Å². The van der Waals surface area contributed by atoms with Gasteiger partial charge in [0, 0.05) is 0 Å². The van der Waals surface area contributed by atoms with Crippen molar-refractivity contribution in [3.05, 3.63) is 0 Å². The van der Waals surface area contributed by atoms with Crippen molar-refractivity contribution in [2.24, 2.45) is 63.6 Å². The van der Waals surface area contributed by atoms with E-state index in [0.717, 1.165) is 47.3 Å². The lowest BCUT2D eigenvalue weighted by Crippen LogP contribution is -2.54. The van der Waals surface area contributed by atoms with E-state index < -0.39 is 0 Å². The minimum absolute atomic E-state index is 0.602. The Morgan fingerprint density at radius 3 is 2.10 bits per heavy atom. The first-order valence-electron chi connectivity index (χ1n) is 14.6. The lowest BCUT2D eigenvalue weighted by molar-refractivity contribution is -0.129. The number of fused-ring (bicyclic) bond motifs is 5. The topological polar surface area (TPSA) is 0 Å². The summed E-state index contributed by atoms with van der Waals surface area (Å²) in [6.07, 6.45) is 21.4. The molecule has 0 radical (unpaired) electrons. The third-order valence-corrected chi connectivity index (χ3v) is 13.0. The van der Waals surface area contributed by atoms with E-state index in [4.69, 9.17) is 0 Å². The largest absolute Gasteiger partial charge is 0.0622 e. The van der Waals surface area contributed by atoms with Crippen molar-refractivity contribution in [3.63, 3.8) is 0 Å². The number of rotatable bonds is 5. The summed E-state index contributed by atoms with van der Waals surface area (Å²) in [4.78, 5) is 0. The monoisotopic (exact) mass is 426 g/mol. The molecule has 0 amide bonds. The molecule has 0 heterocycles. The Bertz CT molecular complexity index is 642. The molecular formula is C31H54. The van der Waals surface area contributed by atoms with E-state index in [1.54, 1.807) is 38.5 Å². The van der Waals surface area contributed by atoms with Gasteiger partial charge in [-0.05, 0) is 121 Å². The lowest BCUT2D eigenvalue weighted by Gasteiger charge is -2.62. The zero-order valence-electron chi connectivity index (χ0n) is 22.0. The van der Waals surface area contributed by atoms with Crippen LogP contribution in [0, 0.1) is 63.6 Å². The van der Waals surface area contributed by atoms with Gasteiger partial charge in [-0.25, -0.2) is 0 Å². The Morgan fingerprint density at radius 2 is 1.39 bits per heavy atom. The van der Waals surface area contributed by atoms with Crippen molar-refractivity contribution in [2.45, 2.75) is 131 Å². The van der Waals surface area contributed by atoms with Crippen LogP contribution in [0.25, 0.3) is 0 Å². The average molecular weight is 427 g/mol. The Balaban J connectivity index is 1.26. The molecule has 0 aromatic heterocycles. The SMILES string of the molecule is C[C@H](CC[C@H](C)C1CCC1)[C@H]1CC[C@H]2[C@@H]3CC[C@H]4CC(C)(C)CC[C@]4(C)[C@H]3CC[C@]12C. The van der Waals surface area contributed by atoms with Gasteiger partial charge in [-0.2, -0.15) is 0 Å². The highest BCUT2D eigenvalue weighted by molar-refractivity contribution is 5.10. The lowest BCUT2D eigenvalue weighted by atomic mass is 9.43. The zero-order chi connectivity index (χ0) is 22.0. The molecule has 0 aliphatic heterocycles. The van der Waals surface area contributed by atoms with E-state index in [9.17, 15) is 0 Å². The highest BCUT2D eigenvalue weighted by Crippen LogP contribution is 2.69. The van der Waals surface area contributed by atoms with Gasteiger partial charge in [0.15, 0.2) is 0 Å². The van der Waals surface area contributed by atoms with Crippen molar-refractivity contribution in [3.8, 4) is 0 Å². The number of hydrogen-bond acceptors (Lipinski definition) is 0. The molecule has 0 heteroatoms. The normalized spacial score (nSPS) is 48.8. The Kier molecular flexibility index (Phi) is 5.91. The molecule has 5 rings (SSSR count). The van der Waals surface area contributed by atoms with Gasteiger partial charge < -0.3 is 0 Å². The first-order chi connectivity index (χ1) is 14.6. The van der Waals surface area contributed by atoms with Crippen molar-refractivity contribution in [2.75, 3.05) is 0 Å². The van der Waals surface area contributed by atoms with Gasteiger partial charge in [0.25, 0.3) is 0 Å². The number of hydrogen-bond donors (Lipinski definition) is 0. The van der Waals surface area contributed by atoms with Crippen LogP contribution < -0.4 is 0 Å². The van der Waals surface area contributed by atoms with E-state index in [1.807, 2.05) is 0 Å². The van der Waals surface area contributed by atoms with E-state index >= 15 is 0 Å². The van der Waals surface area contributed by atoms with Gasteiger partial charge in [-0.1, -0.05) is 73.6 Å². The van der Waals surface area contributed by atoms with Crippen LogP contribution >= 0.6 is 0 Å². The Labute approximate surface area is 195 Å². The highest BCUT2D eigenvalue weighted by Gasteiger charge is 2.61. The van der Waals surface area contributed by atoms with Gasteiger partial charge in [0.2, 0.25) is 0 Å². The minimum Gasteiger partial charge on any atom is -0.0622 e. The van der Waals surface area contributed by atoms with Crippen LogP contribution in [0.4, 0.5) is 0 Å². The molecule has 0 spiro atoms. The van der Waals surface area contributed by atoms with Crippen LogP contribution in [-0.4, -0.2) is 0 Å². The van der Waals surface area contributed by atoms with E-state index in [2.05, 4.69) is 41.5 Å². The van der Waals surface area contributed by atoms with Crippen LogP contribution in [0.15, 0.2) is 0 Å². The molecule has 0 nitrogen and oxygen atoms in total. The van der Waals surface area contributed by atoms with Gasteiger partial charge >= 0.3 is 0 Å². The maximum Gasteiger partial charge on any atom is -0.0264 e. The molecule has 5 aliphatic rings. The second-order valence-corrected chi connectivity index (χ2v) is 15.0. The molecule has 178 valence electrons. The third kappa shape index (κ3) is 3.77. The molecule has 31 heavy (non-hydrogen) atoms. The molecule has 0 unspecified atom stereocenters. The fourth-order valence-electron chi connectivity index (χ4n) is 10.6. The van der Waals surface area contributed by atoms with Crippen LogP contribution in [0.1, 0.15) is 131 Å². The summed E-state index contributed by atoms with van der Waals surface area (Å²) in [5, 5.41) is 0. The third-order valence-electron chi connectivity index (χ3n) is 13.0. The molecule has 0 saturated heterocycles. The fourth-order valence-corrected chi connectivity index (χ4v) is 10.6. The molecule has 5 aliphatic carbocycles. The minimum atomic E-state index is 0.602. The summed E-state index contributed by atoms with van der Waals surface area (Å²) < 4.78 is 0. The standard InChI is InChI=1S/C31H54/c1-21(23-8-7-9-23)10-11-22(2)26-14-15-27-25-13-12-24-20-29(3,4)18-19-30(24,5)28(25)16-17-31(26,27)6/h21-28H,7-20H2,1-6H3/t21-,22+,24-,25-,26+,27-,28-,30-,31+/m0/s1. The maximum absolute atomic E-state index is 2.77. The van der Waals surface area contributed by atoms with Gasteiger partial charge in [-0.15, -0.1) is 0 Å². The second-order valence-electron chi connectivity index (χ2n) is 15.0. The molecule has 0 aromatic rings. The predicted octanol–water partition coefficient (Wildman–Crippen LogP) is 9.52. The van der Waals surface area contributed by atoms with Crippen molar-refractivity contribution in [1.82, 2.24) is 0 Å². The van der Waals surface area contributed by atoms with Gasteiger partial charge in [0.05, 0.1) is 0 Å². The van der Waals surface area contributed by atoms with Crippen LogP contribution in [-0.2, 0) is 0 Å². The van der Waals surface area contributed by atoms with Crippen molar-refractivity contribution < 1.29 is 0 Å². The molecule has 9 atom stereocenters. The van der Waals surface area contributed by atoms with Crippen LogP contribution in [0.5, 0.6) is 0 Å². The molecule has 0 aromatic carbocycles. The first kappa shape index (κ1) is 22.8. The maximum atomic E-state index is 2.77. The van der Waals surface area contributed by atoms with E-state index in [-0.39, 0.29) is 0 Å². The highest BCUT2D eigenvalue weighted by atomic mass is 14.7. The molecule has 0 N–H and O–H groups in total. The van der Waals surface area contributed by atoms with Gasteiger partial charge in [-0.3, -0.25) is 0 Å². The van der Waals surface area contributed by atoms with Crippen molar-refractivity contribution >= 4 is 0 Å². The Hall–Kier alpha value is 0. The molecule has 5 saturated carbocycles. The van der Waals surface area contributed by atoms with Crippen molar-refractivity contribution in [1.29, 1.82) is 0 Å². The fraction of sp³-hybridized carbons (Fsp3) is 1.00. The summed E-state index contributed by atoms with van der Waals surface area (Å²) in [5.74, 6) is 8.22. The summed E-state index contributed by atoms with van der Waals surface area (Å²) >= 11 is 0. The molecule has 5 fully saturated rings. The predicted molar refractivity (Wildman–Crippen MR) is 134 cm³/mol. The Morgan fingerprint density at radius 1 is 0.677 bits per heavy atom. The first-order valence-corrected chi connectivity index (χ1v) is 14.6. The second kappa shape index (κ2) is 8.05. The zero-order valence-corrected chi connectivity index (χ0v) is 22.0. The smallest absolute Gasteiger partial charge is 0.0264 e. The summed E-state index contributed by atoms with van der Waals surface area (Å²) in [6, 6.07) is 0. The summed E-state index contributed by atoms with van der Waals surface area (Å²) in [7, 11) is 0.